The summed E-state index contributed by atoms with van der Waals surface area (Å²) in [7, 11) is 0. The van der Waals surface area contributed by atoms with Gasteiger partial charge in [0.15, 0.2) is 0 Å². The van der Waals surface area contributed by atoms with Crippen molar-refractivity contribution in [3.8, 4) is 11.3 Å². The highest BCUT2D eigenvalue weighted by Gasteiger charge is 2.17. The maximum atomic E-state index is 13.5. The summed E-state index contributed by atoms with van der Waals surface area (Å²) in [4.78, 5) is 31.4. The molecule has 8 heteroatoms. The van der Waals surface area contributed by atoms with Crippen molar-refractivity contribution in [3.63, 3.8) is 0 Å². The molecule has 0 saturated carbocycles. The van der Waals surface area contributed by atoms with Gasteiger partial charge >= 0.3 is 5.97 Å². The number of benzene rings is 3. The van der Waals surface area contributed by atoms with Gasteiger partial charge in [0.25, 0.3) is 5.91 Å². The van der Waals surface area contributed by atoms with E-state index in [1.165, 1.54) is 30.4 Å². The molecule has 1 amide bonds. The van der Waals surface area contributed by atoms with E-state index in [1.807, 2.05) is 36.4 Å². The fourth-order valence-electron chi connectivity index (χ4n) is 5.19. The molecule has 4 aromatic rings. The van der Waals surface area contributed by atoms with E-state index >= 15 is 0 Å². The Bertz CT molecular complexity index is 1600. The first-order valence-electron chi connectivity index (χ1n) is 14.8. The van der Waals surface area contributed by atoms with Crippen molar-refractivity contribution < 1.29 is 14.7 Å². The van der Waals surface area contributed by atoms with Crippen molar-refractivity contribution >= 4 is 46.4 Å². The number of rotatable bonds is 11. The van der Waals surface area contributed by atoms with Gasteiger partial charge in [-0.3, -0.25) is 14.6 Å². The van der Waals surface area contributed by atoms with Gasteiger partial charge in [-0.1, -0.05) is 18.2 Å². The van der Waals surface area contributed by atoms with Gasteiger partial charge in [0.2, 0.25) is 0 Å². The molecule has 0 spiro atoms. The molecule has 1 aliphatic heterocycles. The Morgan fingerprint density at radius 2 is 1.72 bits per heavy atom. The summed E-state index contributed by atoms with van der Waals surface area (Å²) in [6, 6.07) is 24.0. The minimum atomic E-state index is -0.802. The van der Waals surface area contributed by atoms with Crippen molar-refractivity contribution in [1.82, 2.24) is 4.98 Å². The normalized spacial score (nSPS) is 13.0. The Morgan fingerprint density at radius 3 is 2.51 bits per heavy atom. The van der Waals surface area contributed by atoms with Crippen LogP contribution in [0.1, 0.15) is 52.7 Å². The van der Waals surface area contributed by atoms with Crippen LogP contribution in [0.3, 0.4) is 0 Å². The number of carbonyl (C=O) groups is 2. The number of pyridine rings is 1. The van der Waals surface area contributed by atoms with Crippen LogP contribution < -0.4 is 15.5 Å². The van der Waals surface area contributed by atoms with Gasteiger partial charge in [0.05, 0.1) is 17.8 Å². The van der Waals surface area contributed by atoms with Crippen LogP contribution in [0.25, 0.3) is 11.3 Å². The van der Waals surface area contributed by atoms with E-state index in [2.05, 4.69) is 59.7 Å². The van der Waals surface area contributed by atoms with E-state index in [0.29, 0.717) is 22.8 Å². The van der Waals surface area contributed by atoms with E-state index in [0.717, 1.165) is 47.0 Å². The predicted molar refractivity (Wildman–Crippen MR) is 178 cm³/mol. The summed E-state index contributed by atoms with van der Waals surface area (Å²) in [5, 5.41) is 15.5. The molecule has 0 bridgehead atoms. The van der Waals surface area contributed by atoms with Crippen LogP contribution in [0, 0.1) is 13.8 Å². The van der Waals surface area contributed by atoms with Gasteiger partial charge in [-0.2, -0.15) is 11.8 Å². The van der Waals surface area contributed by atoms with Gasteiger partial charge in [0, 0.05) is 59.0 Å². The van der Waals surface area contributed by atoms with Crippen molar-refractivity contribution in [2.45, 2.75) is 45.3 Å². The van der Waals surface area contributed by atoms with Gasteiger partial charge < -0.3 is 20.6 Å². The Morgan fingerprint density at radius 1 is 0.907 bits per heavy atom. The minimum absolute atomic E-state index is 0.121. The standard InChI is InChI=1S/C35H38N4O3S/c1-24-9-10-28(19-25(24)2)37-29-13-15-36-33(21-29)31-22-30(39-16-4-3-5-17-39)11-12-32(31)38-35(42)27-8-6-7-26(20-27)23-43-18-14-34(40)41/h6-13,15,19-22H,3-5,14,16-18,23H2,1-2H3,(H,36,37)(H,38,42)(H,40,41). The maximum absolute atomic E-state index is 13.5. The summed E-state index contributed by atoms with van der Waals surface area (Å²) in [6.07, 6.45) is 5.51. The van der Waals surface area contributed by atoms with E-state index in [-0.39, 0.29) is 12.3 Å². The monoisotopic (exact) mass is 594 g/mol. The molecule has 1 aromatic heterocycles. The molecule has 1 aliphatic rings. The van der Waals surface area contributed by atoms with Crippen LogP contribution >= 0.6 is 11.8 Å². The average Bonchev–Trinajstić information content (AvgIpc) is 3.02. The fraction of sp³-hybridized carbons (Fsp3) is 0.286. The van der Waals surface area contributed by atoms with Gasteiger partial charge in [-0.25, -0.2) is 0 Å². The lowest BCUT2D eigenvalue weighted by atomic mass is 10.0. The summed E-state index contributed by atoms with van der Waals surface area (Å²) in [6.45, 7) is 6.24. The lowest BCUT2D eigenvalue weighted by Gasteiger charge is -2.29. The molecule has 43 heavy (non-hydrogen) atoms. The quantitative estimate of drug-likeness (QED) is 0.151. The van der Waals surface area contributed by atoms with Crippen LogP contribution in [0.4, 0.5) is 22.7 Å². The zero-order valence-electron chi connectivity index (χ0n) is 24.7. The Labute approximate surface area is 257 Å². The van der Waals surface area contributed by atoms with Crippen LogP contribution in [0.5, 0.6) is 0 Å². The van der Waals surface area contributed by atoms with Crippen LogP contribution in [-0.2, 0) is 10.5 Å². The van der Waals surface area contributed by atoms with Crippen molar-refractivity contribution in [2.24, 2.45) is 0 Å². The van der Waals surface area contributed by atoms with E-state index in [9.17, 15) is 9.59 Å². The number of aromatic nitrogens is 1. The second-order valence-electron chi connectivity index (χ2n) is 11.0. The van der Waals surface area contributed by atoms with Crippen molar-refractivity contribution in [3.05, 3.63) is 101 Å². The van der Waals surface area contributed by atoms with Crippen LogP contribution in [0.2, 0.25) is 0 Å². The summed E-state index contributed by atoms with van der Waals surface area (Å²) >= 11 is 1.55. The number of amides is 1. The highest BCUT2D eigenvalue weighted by Crippen LogP contribution is 2.34. The van der Waals surface area contributed by atoms with Gasteiger partial charge in [0.1, 0.15) is 0 Å². The summed E-state index contributed by atoms with van der Waals surface area (Å²) in [5.74, 6) is 0.176. The number of carbonyl (C=O) groups excluding carboxylic acids is 1. The maximum Gasteiger partial charge on any atom is 0.304 e. The molecule has 0 radical (unpaired) electrons. The number of aliphatic carboxylic acids is 1. The highest BCUT2D eigenvalue weighted by molar-refractivity contribution is 7.98. The summed E-state index contributed by atoms with van der Waals surface area (Å²) < 4.78 is 0. The zero-order chi connectivity index (χ0) is 30.2. The number of carboxylic acid groups (broad SMARTS) is 1. The lowest BCUT2D eigenvalue weighted by molar-refractivity contribution is -0.136. The number of thioether (sulfide) groups is 1. The predicted octanol–water partition coefficient (Wildman–Crippen LogP) is 8.06. The molecule has 1 fully saturated rings. The fourth-order valence-corrected chi connectivity index (χ4v) is 6.07. The first kappa shape index (κ1) is 30.2. The van der Waals surface area contributed by atoms with Crippen molar-refractivity contribution in [2.75, 3.05) is 34.4 Å². The van der Waals surface area contributed by atoms with E-state index < -0.39 is 5.97 Å². The molecule has 0 aliphatic carbocycles. The van der Waals surface area contributed by atoms with Crippen LogP contribution in [0.15, 0.2) is 79.0 Å². The second kappa shape index (κ2) is 14.2. The first-order chi connectivity index (χ1) is 20.9. The number of aryl methyl sites for hydroxylation is 2. The number of nitrogens with one attached hydrogen (secondary N) is 2. The van der Waals surface area contributed by atoms with E-state index in [1.54, 1.807) is 24.0 Å². The number of hydrogen-bond acceptors (Lipinski definition) is 6. The largest absolute Gasteiger partial charge is 0.481 e. The minimum Gasteiger partial charge on any atom is -0.481 e. The van der Waals surface area contributed by atoms with Gasteiger partial charge in [-0.15, -0.1) is 0 Å². The number of piperidine rings is 1. The number of anilines is 4. The molecule has 3 aromatic carbocycles. The first-order valence-corrected chi connectivity index (χ1v) is 15.9. The van der Waals surface area contributed by atoms with Crippen LogP contribution in [-0.4, -0.2) is 40.8 Å². The molecular weight excluding hydrogens is 556 g/mol. The second-order valence-corrected chi connectivity index (χ2v) is 12.1. The molecule has 1 saturated heterocycles. The molecule has 2 heterocycles. The third-order valence-corrected chi connectivity index (χ3v) is 8.75. The zero-order valence-corrected chi connectivity index (χ0v) is 25.5. The number of carboxylic acids is 1. The topological polar surface area (TPSA) is 94.6 Å². The average molecular weight is 595 g/mol. The molecule has 7 nitrogen and oxygen atoms in total. The molecular formula is C35H38N4O3S. The summed E-state index contributed by atoms with van der Waals surface area (Å²) in [5.41, 5.74) is 9.40. The smallest absolute Gasteiger partial charge is 0.304 e. The lowest BCUT2D eigenvalue weighted by Crippen LogP contribution is -2.29. The Balaban J connectivity index is 1.41. The van der Waals surface area contributed by atoms with E-state index in [4.69, 9.17) is 10.1 Å². The molecule has 0 atom stereocenters. The molecule has 222 valence electrons. The number of hydrogen-bond donors (Lipinski definition) is 3. The third kappa shape index (κ3) is 8.17. The molecule has 0 unspecified atom stereocenters. The molecule has 3 N–H and O–H groups in total. The third-order valence-electron chi connectivity index (χ3n) is 7.72. The molecule has 5 rings (SSSR count). The van der Waals surface area contributed by atoms with Gasteiger partial charge in [-0.05, 0) is 104 Å². The SMILES string of the molecule is Cc1ccc(Nc2ccnc(-c3cc(N4CCCCC4)ccc3NC(=O)c3cccc(CSCCC(=O)O)c3)c2)cc1C. The highest BCUT2D eigenvalue weighted by atomic mass is 32.2. The van der Waals surface area contributed by atoms with Crippen molar-refractivity contribution in [1.29, 1.82) is 0 Å². The Kier molecular flexibility index (Phi) is 10.00. The number of nitrogens with zero attached hydrogens (tertiary/aromatic N) is 2. The Hall–Kier alpha value is -4.30.